The minimum atomic E-state index is -0.522. The topological polar surface area (TPSA) is 33.1 Å². The van der Waals surface area contributed by atoms with E-state index in [1.54, 1.807) is 17.5 Å². The van der Waals surface area contributed by atoms with Gasteiger partial charge in [-0.3, -0.25) is 4.98 Å². The number of hydrogen-bond acceptors (Lipinski definition) is 3. The average Bonchev–Trinajstić information content (AvgIpc) is 2.65. The minimum Gasteiger partial charge on any atom is -0.386 e. The maximum Gasteiger partial charge on any atom is 0.101 e. The van der Waals surface area contributed by atoms with Crippen molar-refractivity contribution < 1.29 is 5.11 Å². The van der Waals surface area contributed by atoms with Crippen LogP contribution in [0.25, 0.3) is 0 Å². The molecular weight excluding hydrogens is 286 g/mol. The largest absolute Gasteiger partial charge is 0.386 e. The molecule has 0 aromatic carbocycles. The van der Waals surface area contributed by atoms with E-state index in [9.17, 15) is 5.11 Å². The molecule has 1 atom stereocenters. The summed E-state index contributed by atoms with van der Waals surface area (Å²) in [6, 6.07) is 5.88. The number of aliphatic hydroxyl groups is 1. The van der Waals surface area contributed by atoms with Gasteiger partial charge in [-0.1, -0.05) is 6.07 Å². The maximum absolute atomic E-state index is 10.0. The minimum absolute atomic E-state index is 0.522. The summed E-state index contributed by atoms with van der Waals surface area (Å²) in [5.74, 6) is 0. The van der Waals surface area contributed by atoms with Crippen LogP contribution in [0.15, 0.2) is 34.2 Å². The molecular formula is C12H12BrNOS. The SMILES string of the molecule is Cc1ccc(C(O)Cc2cc(Br)cs2)nc1. The van der Waals surface area contributed by atoms with Crippen LogP contribution in [0.3, 0.4) is 0 Å². The van der Waals surface area contributed by atoms with E-state index in [1.165, 1.54) is 0 Å². The fourth-order valence-electron chi connectivity index (χ4n) is 1.43. The Morgan fingerprint density at radius 3 is 2.88 bits per heavy atom. The van der Waals surface area contributed by atoms with E-state index in [0.29, 0.717) is 6.42 Å². The third kappa shape index (κ3) is 2.90. The highest BCUT2D eigenvalue weighted by atomic mass is 79.9. The molecule has 2 aromatic rings. The van der Waals surface area contributed by atoms with Crippen molar-refractivity contribution in [3.63, 3.8) is 0 Å². The Morgan fingerprint density at radius 1 is 1.50 bits per heavy atom. The van der Waals surface area contributed by atoms with E-state index in [-0.39, 0.29) is 0 Å². The van der Waals surface area contributed by atoms with Crippen LogP contribution >= 0.6 is 27.3 Å². The molecule has 0 aliphatic heterocycles. The van der Waals surface area contributed by atoms with Gasteiger partial charge in [0.1, 0.15) is 6.10 Å². The first kappa shape index (κ1) is 11.8. The second-order valence-electron chi connectivity index (χ2n) is 3.71. The van der Waals surface area contributed by atoms with Crippen molar-refractivity contribution >= 4 is 27.3 Å². The van der Waals surface area contributed by atoms with E-state index in [2.05, 4.69) is 20.9 Å². The Balaban J connectivity index is 2.08. The zero-order valence-corrected chi connectivity index (χ0v) is 11.3. The van der Waals surface area contributed by atoms with Gasteiger partial charge in [0.25, 0.3) is 0 Å². The van der Waals surface area contributed by atoms with Gasteiger partial charge < -0.3 is 5.11 Å². The third-order valence-electron chi connectivity index (χ3n) is 2.29. The van der Waals surface area contributed by atoms with Gasteiger partial charge in [0.2, 0.25) is 0 Å². The van der Waals surface area contributed by atoms with Crippen molar-refractivity contribution in [2.45, 2.75) is 19.4 Å². The molecule has 0 aliphatic carbocycles. The number of aryl methyl sites for hydroxylation is 1. The summed E-state index contributed by atoms with van der Waals surface area (Å²) in [6.45, 7) is 1.99. The van der Waals surface area contributed by atoms with E-state index >= 15 is 0 Å². The van der Waals surface area contributed by atoms with Gasteiger partial charge in [-0.15, -0.1) is 11.3 Å². The quantitative estimate of drug-likeness (QED) is 0.941. The van der Waals surface area contributed by atoms with Crippen molar-refractivity contribution in [1.29, 1.82) is 0 Å². The lowest BCUT2D eigenvalue weighted by molar-refractivity contribution is 0.174. The predicted molar refractivity (Wildman–Crippen MR) is 69.7 cm³/mol. The monoisotopic (exact) mass is 297 g/mol. The Labute approximate surface area is 107 Å². The van der Waals surface area contributed by atoms with Crippen molar-refractivity contribution in [1.82, 2.24) is 4.98 Å². The molecule has 0 saturated carbocycles. The van der Waals surface area contributed by atoms with Crippen LogP contribution in [-0.4, -0.2) is 10.1 Å². The highest BCUT2D eigenvalue weighted by Gasteiger charge is 2.10. The van der Waals surface area contributed by atoms with Crippen molar-refractivity contribution in [3.8, 4) is 0 Å². The lowest BCUT2D eigenvalue weighted by Crippen LogP contribution is -2.02. The summed E-state index contributed by atoms with van der Waals surface area (Å²) in [7, 11) is 0. The van der Waals surface area contributed by atoms with Crippen LogP contribution in [0, 0.1) is 6.92 Å². The third-order valence-corrected chi connectivity index (χ3v) is 4.01. The first-order valence-electron chi connectivity index (χ1n) is 4.98. The maximum atomic E-state index is 10.0. The van der Waals surface area contributed by atoms with Crippen molar-refractivity contribution in [2.24, 2.45) is 0 Å². The predicted octanol–water partition coefficient (Wildman–Crippen LogP) is 3.49. The van der Waals surface area contributed by atoms with E-state index in [1.807, 2.05) is 30.5 Å². The number of halogens is 1. The summed E-state index contributed by atoms with van der Waals surface area (Å²) >= 11 is 5.04. The van der Waals surface area contributed by atoms with Gasteiger partial charge >= 0.3 is 0 Å². The average molecular weight is 298 g/mol. The van der Waals surface area contributed by atoms with Gasteiger partial charge in [-0.25, -0.2) is 0 Å². The molecule has 2 aromatic heterocycles. The number of nitrogens with zero attached hydrogens (tertiary/aromatic N) is 1. The molecule has 84 valence electrons. The van der Waals surface area contributed by atoms with Crippen molar-refractivity contribution in [3.05, 3.63) is 50.4 Å². The van der Waals surface area contributed by atoms with Crippen LogP contribution in [0.2, 0.25) is 0 Å². The van der Waals surface area contributed by atoms with Crippen LogP contribution in [-0.2, 0) is 6.42 Å². The second-order valence-corrected chi connectivity index (χ2v) is 5.62. The zero-order chi connectivity index (χ0) is 11.5. The molecule has 16 heavy (non-hydrogen) atoms. The molecule has 1 unspecified atom stereocenters. The summed E-state index contributed by atoms with van der Waals surface area (Å²) in [4.78, 5) is 5.38. The first-order chi connectivity index (χ1) is 7.65. The van der Waals surface area contributed by atoms with Gasteiger partial charge in [-0.2, -0.15) is 0 Å². The zero-order valence-electron chi connectivity index (χ0n) is 8.85. The molecule has 0 fully saturated rings. The number of pyridine rings is 1. The molecule has 2 heterocycles. The Morgan fingerprint density at radius 2 is 2.31 bits per heavy atom. The molecule has 2 nitrogen and oxygen atoms in total. The lowest BCUT2D eigenvalue weighted by Gasteiger charge is -2.08. The summed E-state index contributed by atoms with van der Waals surface area (Å²) < 4.78 is 1.07. The first-order valence-corrected chi connectivity index (χ1v) is 6.66. The van der Waals surface area contributed by atoms with Gasteiger partial charge in [0.05, 0.1) is 5.69 Å². The van der Waals surface area contributed by atoms with Gasteiger partial charge in [0.15, 0.2) is 0 Å². The molecule has 0 amide bonds. The standard InChI is InChI=1S/C12H12BrNOS/c1-8-2-3-11(14-6-8)12(15)5-10-4-9(13)7-16-10/h2-4,6-7,12,15H,5H2,1H3. The van der Waals surface area contributed by atoms with E-state index < -0.39 is 6.10 Å². The molecule has 0 bridgehead atoms. The smallest absolute Gasteiger partial charge is 0.101 e. The number of rotatable bonds is 3. The van der Waals surface area contributed by atoms with E-state index in [4.69, 9.17) is 0 Å². The van der Waals surface area contributed by atoms with Crippen LogP contribution in [0.5, 0.6) is 0 Å². The Kier molecular flexibility index (Phi) is 3.74. The highest BCUT2D eigenvalue weighted by molar-refractivity contribution is 9.10. The normalized spacial score (nSPS) is 12.7. The summed E-state index contributed by atoms with van der Waals surface area (Å²) in [6.07, 6.45) is 1.88. The summed E-state index contributed by atoms with van der Waals surface area (Å²) in [5.41, 5.74) is 1.84. The fraction of sp³-hybridized carbons (Fsp3) is 0.250. The molecule has 0 saturated heterocycles. The number of thiophene rings is 1. The lowest BCUT2D eigenvalue weighted by atomic mass is 10.1. The molecule has 0 spiro atoms. The van der Waals surface area contributed by atoms with Crippen LogP contribution < -0.4 is 0 Å². The number of aliphatic hydroxyl groups excluding tert-OH is 1. The molecule has 0 radical (unpaired) electrons. The van der Waals surface area contributed by atoms with E-state index in [0.717, 1.165) is 20.6 Å². The molecule has 4 heteroatoms. The van der Waals surface area contributed by atoms with Crippen LogP contribution in [0.4, 0.5) is 0 Å². The van der Waals surface area contributed by atoms with Crippen molar-refractivity contribution in [2.75, 3.05) is 0 Å². The molecule has 2 rings (SSSR count). The summed E-state index contributed by atoms with van der Waals surface area (Å²) in [5, 5.41) is 12.0. The fourth-order valence-corrected chi connectivity index (χ4v) is 2.92. The second kappa shape index (κ2) is 5.08. The van der Waals surface area contributed by atoms with Crippen LogP contribution in [0.1, 0.15) is 22.2 Å². The van der Waals surface area contributed by atoms with Gasteiger partial charge in [0, 0.05) is 27.3 Å². The number of hydrogen-bond donors (Lipinski definition) is 1. The Bertz CT molecular complexity index is 466. The Hall–Kier alpha value is -0.710. The number of aromatic nitrogens is 1. The highest BCUT2D eigenvalue weighted by Crippen LogP contribution is 2.24. The van der Waals surface area contributed by atoms with Gasteiger partial charge in [-0.05, 0) is 40.5 Å². The molecule has 0 aliphatic rings. The molecule has 1 N–H and O–H groups in total.